The average Bonchev–Trinajstić information content (AvgIpc) is 2.16. The normalized spacial score (nSPS) is 13.1. The molecule has 0 aromatic rings. The second-order valence-electron chi connectivity index (χ2n) is 5.15. The minimum absolute atomic E-state index is 0. The van der Waals surface area contributed by atoms with Gasteiger partial charge in [-0.3, -0.25) is 9.59 Å². The molecule has 0 bridgehead atoms. The number of aliphatic carboxylic acids is 2. The van der Waals surface area contributed by atoms with Crippen LogP contribution in [0.15, 0.2) is 0 Å². The summed E-state index contributed by atoms with van der Waals surface area (Å²) in [5.74, 6) is -1.11. The van der Waals surface area contributed by atoms with Crippen LogP contribution in [0.25, 0.3) is 0 Å². The molecule has 6 N–H and O–H groups in total. The molecular formula is C12H26CoN2O4. The topological polar surface area (TPSA) is 127 Å². The largest absolute Gasteiger partial charge is 0.480 e. The standard InChI is InChI=1S/2C6H13NO2.Co/c2*1-4(2)3-5(7)6(8)9;/h2*4-5H,3,7H2,1-2H3,(H,8,9);/t2*5-;/m00./s1. The Labute approximate surface area is 125 Å². The number of nitrogens with two attached hydrogens (primary N) is 2. The first kappa shape index (κ1) is 23.5. The van der Waals surface area contributed by atoms with E-state index >= 15 is 0 Å². The summed E-state index contributed by atoms with van der Waals surface area (Å²) >= 11 is 0. The van der Waals surface area contributed by atoms with E-state index in [1.165, 1.54) is 0 Å². The Morgan fingerprint density at radius 2 is 1.05 bits per heavy atom. The minimum Gasteiger partial charge on any atom is -0.480 e. The van der Waals surface area contributed by atoms with Crippen LogP contribution in [0.2, 0.25) is 0 Å². The summed E-state index contributed by atoms with van der Waals surface area (Å²) < 4.78 is 0. The molecule has 0 fully saturated rings. The molecule has 0 rings (SSSR count). The number of rotatable bonds is 6. The van der Waals surface area contributed by atoms with E-state index in [2.05, 4.69) is 0 Å². The summed E-state index contributed by atoms with van der Waals surface area (Å²) in [6.07, 6.45) is 1.10. The van der Waals surface area contributed by atoms with Crippen LogP contribution >= 0.6 is 0 Å². The fraction of sp³-hybridized carbons (Fsp3) is 0.833. The maximum atomic E-state index is 10.1. The van der Waals surface area contributed by atoms with Crippen LogP contribution in [0.1, 0.15) is 40.5 Å². The van der Waals surface area contributed by atoms with Crippen LogP contribution < -0.4 is 11.5 Å². The van der Waals surface area contributed by atoms with E-state index in [0.29, 0.717) is 24.7 Å². The van der Waals surface area contributed by atoms with Gasteiger partial charge in [-0.1, -0.05) is 27.7 Å². The minimum atomic E-state index is -0.913. The molecule has 0 aliphatic carbocycles. The van der Waals surface area contributed by atoms with E-state index in [9.17, 15) is 9.59 Å². The van der Waals surface area contributed by atoms with Crippen molar-refractivity contribution in [2.75, 3.05) is 0 Å². The molecule has 0 spiro atoms. The Morgan fingerprint density at radius 3 is 1.11 bits per heavy atom. The zero-order valence-electron chi connectivity index (χ0n) is 11.9. The molecular weight excluding hydrogens is 295 g/mol. The molecule has 0 unspecified atom stereocenters. The molecule has 0 aliphatic rings. The van der Waals surface area contributed by atoms with Gasteiger partial charge in [0.05, 0.1) is 0 Å². The van der Waals surface area contributed by atoms with Crippen molar-refractivity contribution in [1.29, 1.82) is 0 Å². The van der Waals surface area contributed by atoms with Crippen LogP contribution in [-0.2, 0) is 26.4 Å². The van der Waals surface area contributed by atoms with Gasteiger partial charge in [-0.05, 0) is 24.7 Å². The van der Waals surface area contributed by atoms with Gasteiger partial charge in [0.15, 0.2) is 0 Å². The van der Waals surface area contributed by atoms with E-state index < -0.39 is 24.0 Å². The zero-order valence-corrected chi connectivity index (χ0v) is 13.0. The van der Waals surface area contributed by atoms with E-state index in [0.717, 1.165) is 0 Å². The molecule has 117 valence electrons. The fourth-order valence-electron chi connectivity index (χ4n) is 1.22. The average molecular weight is 321 g/mol. The molecule has 6 nitrogen and oxygen atoms in total. The van der Waals surface area contributed by atoms with Gasteiger partial charge in [-0.2, -0.15) is 0 Å². The molecule has 0 aromatic carbocycles. The predicted molar refractivity (Wildman–Crippen MR) is 70.1 cm³/mol. The molecule has 19 heavy (non-hydrogen) atoms. The Morgan fingerprint density at radius 1 is 0.842 bits per heavy atom. The van der Waals surface area contributed by atoms with Crippen LogP contribution in [0.3, 0.4) is 0 Å². The van der Waals surface area contributed by atoms with Crippen molar-refractivity contribution in [1.82, 2.24) is 0 Å². The molecule has 0 aromatic heterocycles. The molecule has 0 amide bonds. The van der Waals surface area contributed by atoms with E-state index in [1.54, 1.807) is 0 Å². The first-order valence-electron chi connectivity index (χ1n) is 6.04. The van der Waals surface area contributed by atoms with Crippen LogP contribution in [-0.4, -0.2) is 34.2 Å². The Hall–Kier alpha value is -0.634. The van der Waals surface area contributed by atoms with Gasteiger partial charge in [0.1, 0.15) is 12.1 Å². The van der Waals surface area contributed by atoms with Crippen LogP contribution in [0.4, 0.5) is 0 Å². The number of carbonyl (C=O) groups is 2. The Kier molecular flexibility index (Phi) is 15.3. The van der Waals surface area contributed by atoms with Crippen molar-refractivity contribution in [3.63, 3.8) is 0 Å². The van der Waals surface area contributed by atoms with Gasteiger partial charge in [0, 0.05) is 16.8 Å². The smallest absolute Gasteiger partial charge is 0.320 e. The van der Waals surface area contributed by atoms with Gasteiger partial charge in [0.25, 0.3) is 0 Å². The third kappa shape index (κ3) is 17.4. The quantitative estimate of drug-likeness (QED) is 0.575. The summed E-state index contributed by atoms with van der Waals surface area (Å²) in [7, 11) is 0. The third-order valence-corrected chi connectivity index (χ3v) is 2.09. The zero-order chi connectivity index (χ0) is 14.9. The molecule has 2 atom stereocenters. The maximum Gasteiger partial charge on any atom is 0.320 e. The second-order valence-corrected chi connectivity index (χ2v) is 5.15. The molecule has 1 radical (unpaired) electrons. The van der Waals surface area contributed by atoms with E-state index in [-0.39, 0.29) is 16.8 Å². The van der Waals surface area contributed by atoms with E-state index in [1.807, 2.05) is 27.7 Å². The summed E-state index contributed by atoms with van der Waals surface area (Å²) in [6.45, 7) is 7.79. The van der Waals surface area contributed by atoms with Gasteiger partial charge >= 0.3 is 11.9 Å². The monoisotopic (exact) mass is 321 g/mol. The number of carboxylic acids is 2. The van der Waals surface area contributed by atoms with Crippen LogP contribution in [0, 0.1) is 11.8 Å². The van der Waals surface area contributed by atoms with E-state index in [4.69, 9.17) is 21.7 Å². The van der Waals surface area contributed by atoms with Gasteiger partial charge in [0.2, 0.25) is 0 Å². The second kappa shape index (κ2) is 12.4. The number of hydrogen-bond donors (Lipinski definition) is 4. The summed E-state index contributed by atoms with van der Waals surface area (Å²) in [5.41, 5.74) is 10.4. The summed E-state index contributed by atoms with van der Waals surface area (Å²) in [5, 5.41) is 16.6. The number of hydrogen-bond acceptors (Lipinski definition) is 4. The first-order valence-corrected chi connectivity index (χ1v) is 6.04. The third-order valence-electron chi connectivity index (χ3n) is 2.09. The van der Waals surface area contributed by atoms with Crippen molar-refractivity contribution < 1.29 is 36.6 Å². The van der Waals surface area contributed by atoms with Crippen LogP contribution in [0.5, 0.6) is 0 Å². The predicted octanol–water partition coefficient (Wildman–Crippen LogP) is 0.886. The van der Waals surface area contributed by atoms with Gasteiger partial charge < -0.3 is 21.7 Å². The van der Waals surface area contributed by atoms with Crippen molar-refractivity contribution in [3.8, 4) is 0 Å². The van der Waals surface area contributed by atoms with Crippen molar-refractivity contribution in [2.45, 2.75) is 52.6 Å². The number of carboxylic acid groups (broad SMARTS) is 2. The molecule has 0 saturated carbocycles. The first-order chi connectivity index (χ1) is 8.07. The molecule has 7 heteroatoms. The van der Waals surface area contributed by atoms with Crippen molar-refractivity contribution >= 4 is 11.9 Å². The van der Waals surface area contributed by atoms with Gasteiger partial charge in [-0.15, -0.1) is 0 Å². The molecule has 0 heterocycles. The SMILES string of the molecule is CC(C)C[C@H](N)C(=O)O.CC(C)C[C@H](N)C(=O)O.[Co]. The van der Waals surface area contributed by atoms with Gasteiger partial charge in [-0.25, -0.2) is 0 Å². The summed E-state index contributed by atoms with van der Waals surface area (Å²) in [6, 6.07) is -1.38. The van der Waals surface area contributed by atoms with Crippen molar-refractivity contribution in [3.05, 3.63) is 0 Å². The maximum absolute atomic E-state index is 10.1. The summed E-state index contributed by atoms with van der Waals surface area (Å²) in [4.78, 5) is 20.2. The Balaban J connectivity index is -0.000000256. The Bertz CT molecular complexity index is 234. The molecule has 0 saturated heterocycles. The van der Waals surface area contributed by atoms with Crippen molar-refractivity contribution in [2.24, 2.45) is 23.3 Å². The molecule has 0 aliphatic heterocycles. The fourth-order valence-corrected chi connectivity index (χ4v) is 1.22.